The molecule has 7 aromatic rings. The minimum Gasteiger partial charge on any atom is -0.256 e. The first-order chi connectivity index (χ1) is 22.8. The van der Waals surface area contributed by atoms with Gasteiger partial charge in [0.2, 0.25) is 0 Å². The third-order valence-corrected chi connectivity index (χ3v) is 9.60. The van der Waals surface area contributed by atoms with Crippen LogP contribution >= 0.6 is 0 Å². The molecule has 218 valence electrons. The van der Waals surface area contributed by atoms with Gasteiger partial charge in [0.1, 0.15) is 0 Å². The first-order valence-electron chi connectivity index (χ1n) is 16.1. The Morgan fingerprint density at radius 3 is 2.28 bits per heavy atom. The van der Waals surface area contributed by atoms with Crippen LogP contribution < -0.4 is 0 Å². The molecule has 5 aromatic carbocycles. The van der Waals surface area contributed by atoms with Crippen molar-refractivity contribution in [1.82, 2.24) is 15.0 Å². The van der Waals surface area contributed by atoms with E-state index in [1.54, 1.807) is 0 Å². The highest BCUT2D eigenvalue weighted by Crippen LogP contribution is 2.44. The van der Waals surface area contributed by atoms with Gasteiger partial charge in [-0.05, 0) is 87.7 Å². The second-order valence-corrected chi connectivity index (χ2v) is 12.3. The van der Waals surface area contributed by atoms with Crippen LogP contribution in [0.3, 0.4) is 0 Å². The van der Waals surface area contributed by atoms with Gasteiger partial charge in [0, 0.05) is 28.8 Å². The first kappa shape index (κ1) is 26.7. The summed E-state index contributed by atoms with van der Waals surface area (Å²) in [5, 5.41) is 2.54. The third-order valence-electron chi connectivity index (χ3n) is 9.60. The monoisotopic (exact) mass is 589 g/mol. The van der Waals surface area contributed by atoms with Crippen molar-refractivity contribution in [2.24, 2.45) is 0 Å². The molecule has 0 spiro atoms. The highest BCUT2D eigenvalue weighted by molar-refractivity contribution is 5.97. The lowest BCUT2D eigenvalue weighted by molar-refractivity contribution is 0.761. The van der Waals surface area contributed by atoms with E-state index in [1.807, 2.05) is 24.4 Å². The zero-order valence-electron chi connectivity index (χ0n) is 25.4. The molecular weight excluding hydrogens is 558 g/mol. The van der Waals surface area contributed by atoms with Gasteiger partial charge < -0.3 is 0 Å². The van der Waals surface area contributed by atoms with Gasteiger partial charge >= 0.3 is 0 Å². The molecule has 3 nitrogen and oxygen atoms in total. The van der Waals surface area contributed by atoms with Gasteiger partial charge in [-0.15, -0.1) is 0 Å². The van der Waals surface area contributed by atoms with Crippen molar-refractivity contribution >= 4 is 16.8 Å². The molecule has 2 heterocycles. The number of allylic oxidation sites excluding steroid dienone is 1. The summed E-state index contributed by atoms with van der Waals surface area (Å²) in [6.45, 7) is 0. The zero-order valence-corrected chi connectivity index (χ0v) is 25.4. The maximum Gasteiger partial charge on any atom is 0.160 e. The van der Waals surface area contributed by atoms with Crippen LogP contribution in [0.1, 0.15) is 40.3 Å². The summed E-state index contributed by atoms with van der Waals surface area (Å²) in [6.07, 6.45) is 9.37. The second-order valence-electron chi connectivity index (χ2n) is 12.3. The summed E-state index contributed by atoms with van der Waals surface area (Å²) in [5.41, 5.74) is 14.3. The van der Waals surface area contributed by atoms with Crippen LogP contribution in [0.5, 0.6) is 0 Å². The second kappa shape index (κ2) is 11.0. The lowest BCUT2D eigenvalue weighted by Gasteiger charge is -2.28. The van der Waals surface area contributed by atoms with Crippen molar-refractivity contribution in [2.75, 3.05) is 0 Å². The molecule has 1 unspecified atom stereocenters. The van der Waals surface area contributed by atoms with Crippen LogP contribution in [-0.2, 0) is 12.8 Å². The predicted octanol–water partition coefficient (Wildman–Crippen LogP) is 10.3. The summed E-state index contributed by atoms with van der Waals surface area (Å²) in [4.78, 5) is 15.2. The number of hydrogen-bond acceptors (Lipinski definition) is 3. The minimum absolute atomic E-state index is 0.121. The van der Waals surface area contributed by atoms with Crippen molar-refractivity contribution in [2.45, 2.75) is 25.2 Å². The van der Waals surface area contributed by atoms with Gasteiger partial charge in [0.15, 0.2) is 5.82 Å². The highest BCUT2D eigenvalue weighted by atomic mass is 14.9. The van der Waals surface area contributed by atoms with E-state index in [2.05, 4.69) is 126 Å². The van der Waals surface area contributed by atoms with Crippen LogP contribution in [0, 0.1) is 0 Å². The van der Waals surface area contributed by atoms with Gasteiger partial charge in [0.25, 0.3) is 0 Å². The Morgan fingerprint density at radius 2 is 1.39 bits per heavy atom. The van der Waals surface area contributed by atoms with Crippen molar-refractivity contribution in [3.05, 3.63) is 168 Å². The molecule has 46 heavy (non-hydrogen) atoms. The molecule has 0 bridgehead atoms. The molecule has 2 aliphatic carbocycles. The molecule has 1 atom stereocenters. The van der Waals surface area contributed by atoms with Gasteiger partial charge in [-0.1, -0.05) is 115 Å². The maximum atomic E-state index is 5.36. The number of pyridine rings is 1. The Bertz CT molecular complexity index is 2280. The molecular formula is C43H31N3. The standard InChI is InChI=1S/C43H31N3/c1-3-13-32-30(11-1)25-38(36-17-7-5-15-34(32)36)41-27-42(39-26-31-12-2-4-14-33(31)35-16-6-8-18-37(35)39)46-43(45-41)29-22-20-28(21-23-29)40-19-9-10-24-44-40/h1-7,9-17,19-24,26-27,38H,8,18,25H2. The van der Waals surface area contributed by atoms with Gasteiger partial charge in [-0.25, -0.2) is 9.97 Å². The van der Waals surface area contributed by atoms with Crippen molar-refractivity contribution in [3.8, 4) is 45.0 Å². The molecule has 0 saturated heterocycles. The molecule has 9 rings (SSSR count). The lowest BCUT2D eigenvalue weighted by Crippen LogP contribution is -2.15. The number of nitrogens with zero attached hydrogens (tertiary/aromatic N) is 3. The maximum absolute atomic E-state index is 5.36. The fourth-order valence-electron chi connectivity index (χ4n) is 7.37. The normalized spacial score (nSPS) is 14.8. The van der Waals surface area contributed by atoms with Gasteiger partial charge in [-0.2, -0.15) is 0 Å². The number of hydrogen-bond donors (Lipinski definition) is 0. The summed E-state index contributed by atoms with van der Waals surface area (Å²) in [6, 6.07) is 45.5. The topological polar surface area (TPSA) is 38.7 Å². The van der Waals surface area contributed by atoms with E-state index in [-0.39, 0.29) is 5.92 Å². The van der Waals surface area contributed by atoms with Gasteiger partial charge in [-0.3, -0.25) is 4.98 Å². The molecule has 0 aliphatic heterocycles. The highest BCUT2D eigenvalue weighted by Gasteiger charge is 2.28. The SMILES string of the molecule is C1=Cc2c(c(-c3cc(C4Cc5ccccc5-c5ccccc54)nc(-c4ccc(-c5ccccn5)cc4)n3)cc3ccccc23)CC1. The van der Waals surface area contributed by atoms with E-state index in [9.17, 15) is 0 Å². The Hall–Kier alpha value is -5.67. The van der Waals surface area contributed by atoms with Crippen LogP contribution in [0.15, 0.2) is 140 Å². The van der Waals surface area contributed by atoms with Crippen LogP contribution in [0.4, 0.5) is 0 Å². The summed E-state index contributed by atoms with van der Waals surface area (Å²) in [7, 11) is 0. The van der Waals surface area contributed by atoms with E-state index in [0.717, 1.165) is 53.3 Å². The molecule has 0 amide bonds. The largest absolute Gasteiger partial charge is 0.256 e. The molecule has 0 fully saturated rings. The average molecular weight is 590 g/mol. The van der Waals surface area contributed by atoms with Gasteiger partial charge in [0.05, 0.1) is 17.1 Å². The quantitative estimate of drug-likeness (QED) is 0.205. The van der Waals surface area contributed by atoms with E-state index < -0.39 is 0 Å². The molecule has 0 N–H and O–H groups in total. The fraction of sp³-hybridized carbons (Fsp3) is 0.0930. The number of rotatable bonds is 4. The number of aromatic nitrogens is 3. The van der Waals surface area contributed by atoms with Crippen LogP contribution in [0.2, 0.25) is 0 Å². The average Bonchev–Trinajstić information content (AvgIpc) is 3.14. The zero-order chi connectivity index (χ0) is 30.5. The summed E-state index contributed by atoms with van der Waals surface area (Å²) >= 11 is 0. The number of fused-ring (bicyclic) bond motifs is 6. The minimum atomic E-state index is 0.121. The lowest BCUT2D eigenvalue weighted by atomic mass is 9.77. The Morgan fingerprint density at radius 1 is 0.609 bits per heavy atom. The Labute approximate surface area is 269 Å². The van der Waals surface area contributed by atoms with E-state index in [0.29, 0.717) is 0 Å². The molecule has 2 aromatic heterocycles. The van der Waals surface area contributed by atoms with Crippen LogP contribution in [0.25, 0.3) is 61.9 Å². The fourth-order valence-corrected chi connectivity index (χ4v) is 7.37. The van der Waals surface area contributed by atoms with E-state index in [1.165, 1.54) is 49.7 Å². The molecule has 3 heteroatoms. The van der Waals surface area contributed by atoms with E-state index >= 15 is 0 Å². The number of benzene rings is 5. The summed E-state index contributed by atoms with van der Waals surface area (Å²) < 4.78 is 0. The molecule has 2 aliphatic rings. The van der Waals surface area contributed by atoms with Crippen molar-refractivity contribution in [3.63, 3.8) is 0 Å². The first-order valence-corrected chi connectivity index (χ1v) is 16.1. The van der Waals surface area contributed by atoms with Crippen LogP contribution in [-0.4, -0.2) is 15.0 Å². The van der Waals surface area contributed by atoms with Crippen molar-refractivity contribution < 1.29 is 0 Å². The smallest absolute Gasteiger partial charge is 0.160 e. The summed E-state index contributed by atoms with van der Waals surface area (Å²) in [5.74, 6) is 0.875. The third kappa shape index (κ3) is 4.55. The molecule has 0 radical (unpaired) electrons. The van der Waals surface area contributed by atoms with Crippen molar-refractivity contribution in [1.29, 1.82) is 0 Å². The Kier molecular flexibility index (Phi) is 6.41. The van der Waals surface area contributed by atoms with E-state index in [4.69, 9.17) is 9.97 Å². The molecule has 0 saturated carbocycles. The predicted molar refractivity (Wildman–Crippen MR) is 188 cm³/mol. The Balaban J connectivity index is 1.25.